The van der Waals surface area contributed by atoms with Crippen molar-refractivity contribution in [2.24, 2.45) is 0 Å². The number of carbonyl (C=O) groups excluding carboxylic acids is 2. The fraction of sp³-hybridized carbons (Fsp3) is 0.444. The van der Waals surface area contributed by atoms with Gasteiger partial charge in [-0.15, -0.1) is 0 Å². The van der Waals surface area contributed by atoms with Gasteiger partial charge >= 0.3 is 6.18 Å². The van der Waals surface area contributed by atoms with Crippen molar-refractivity contribution in [1.29, 1.82) is 0 Å². The molecule has 0 saturated carbocycles. The van der Waals surface area contributed by atoms with E-state index in [1.54, 1.807) is 4.90 Å². The molecular formula is C18H20F3N5O2. The molecule has 1 fully saturated rings. The average Bonchev–Trinajstić information content (AvgIpc) is 3.31. The zero-order chi connectivity index (χ0) is 20.1. The van der Waals surface area contributed by atoms with Crippen molar-refractivity contribution < 1.29 is 22.8 Å². The first-order chi connectivity index (χ1) is 13.3. The van der Waals surface area contributed by atoms with Crippen LogP contribution in [0.4, 0.5) is 13.2 Å². The molecule has 1 saturated heterocycles. The molecule has 0 aliphatic carbocycles. The molecule has 0 spiro atoms. The molecule has 1 aromatic carbocycles. The van der Waals surface area contributed by atoms with Crippen LogP contribution in [0.2, 0.25) is 0 Å². The Bertz CT molecular complexity index is 823. The Balaban J connectivity index is 1.74. The maximum Gasteiger partial charge on any atom is 0.416 e. The topological polar surface area (TPSA) is 80.1 Å². The SMILES string of the molecule is O=C(CCn1cncn1)NC(CN1CCCC1=O)c1cccc(C(F)(F)F)c1. The lowest BCUT2D eigenvalue weighted by Crippen LogP contribution is -2.39. The van der Waals surface area contributed by atoms with Crippen LogP contribution in [0.15, 0.2) is 36.9 Å². The second kappa shape index (κ2) is 8.41. The van der Waals surface area contributed by atoms with E-state index in [-0.39, 0.29) is 24.8 Å². The largest absolute Gasteiger partial charge is 0.416 e. The van der Waals surface area contributed by atoms with Crippen LogP contribution in [0.5, 0.6) is 0 Å². The third kappa shape index (κ3) is 5.08. The first kappa shape index (κ1) is 19.8. The minimum atomic E-state index is -4.48. The van der Waals surface area contributed by atoms with Gasteiger partial charge in [0.25, 0.3) is 0 Å². The lowest BCUT2D eigenvalue weighted by molar-refractivity contribution is -0.137. The van der Waals surface area contributed by atoms with Gasteiger partial charge in [-0.05, 0) is 24.1 Å². The molecule has 2 amide bonds. The van der Waals surface area contributed by atoms with E-state index >= 15 is 0 Å². The number of carbonyl (C=O) groups is 2. The van der Waals surface area contributed by atoms with Crippen molar-refractivity contribution in [3.8, 4) is 0 Å². The molecule has 7 nitrogen and oxygen atoms in total. The molecule has 0 bridgehead atoms. The highest BCUT2D eigenvalue weighted by molar-refractivity contribution is 5.79. The minimum Gasteiger partial charge on any atom is -0.347 e. The zero-order valence-corrected chi connectivity index (χ0v) is 15.0. The average molecular weight is 395 g/mol. The summed E-state index contributed by atoms with van der Waals surface area (Å²) in [4.78, 5) is 29.7. The quantitative estimate of drug-likeness (QED) is 0.779. The van der Waals surface area contributed by atoms with Crippen molar-refractivity contribution in [3.63, 3.8) is 0 Å². The van der Waals surface area contributed by atoms with E-state index < -0.39 is 17.8 Å². The van der Waals surface area contributed by atoms with Crippen LogP contribution in [0.3, 0.4) is 0 Å². The number of aryl methyl sites for hydroxylation is 1. The molecule has 2 aromatic rings. The smallest absolute Gasteiger partial charge is 0.347 e. The lowest BCUT2D eigenvalue weighted by Gasteiger charge is -2.26. The van der Waals surface area contributed by atoms with Crippen LogP contribution in [0, 0.1) is 0 Å². The third-order valence-electron chi connectivity index (χ3n) is 4.56. The molecule has 10 heteroatoms. The number of nitrogens with one attached hydrogen (secondary N) is 1. The van der Waals surface area contributed by atoms with Gasteiger partial charge in [-0.1, -0.05) is 12.1 Å². The fourth-order valence-corrected chi connectivity index (χ4v) is 3.11. The molecule has 2 heterocycles. The van der Waals surface area contributed by atoms with Crippen LogP contribution < -0.4 is 5.32 Å². The van der Waals surface area contributed by atoms with E-state index in [0.29, 0.717) is 31.5 Å². The Kier molecular flexibility index (Phi) is 5.96. The summed E-state index contributed by atoms with van der Waals surface area (Å²) < 4.78 is 40.7. The maximum absolute atomic E-state index is 13.1. The Labute approximate surface area is 159 Å². The minimum absolute atomic E-state index is 0.0613. The molecule has 1 unspecified atom stereocenters. The molecule has 1 N–H and O–H groups in total. The number of halogens is 3. The zero-order valence-electron chi connectivity index (χ0n) is 15.0. The second-order valence-electron chi connectivity index (χ2n) is 6.60. The predicted molar refractivity (Wildman–Crippen MR) is 92.8 cm³/mol. The highest BCUT2D eigenvalue weighted by atomic mass is 19.4. The summed E-state index contributed by atoms with van der Waals surface area (Å²) in [5.74, 6) is -0.404. The Morgan fingerprint density at radius 2 is 2.14 bits per heavy atom. The van der Waals surface area contributed by atoms with Crippen molar-refractivity contribution in [2.75, 3.05) is 13.1 Å². The van der Waals surface area contributed by atoms with Gasteiger partial charge in [-0.3, -0.25) is 14.3 Å². The predicted octanol–water partition coefficient (Wildman–Crippen LogP) is 2.17. The molecule has 1 aliphatic rings. The number of nitrogens with zero attached hydrogens (tertiary/aromatic N) is 4. The van der Waals surface area contributed by atoms with Gasteiger partial charge in [0.1, 0.15) is 12.7 Å². The van der Waals surface area contributed by atoms with Crippen LogP contribution >= 0.6 is 0 Å². The summed E-state index contributed by atoms with van der Waals surface area (Å²) in [6.45, 7) is 0.960. The number of amides is 2. The summed E-state index contributed by atoms with van der Waals surface area (Å²) in [5, 5.41) is 6.67. The molecule has 1 aromatic heterocycles. The summed E-state index contributed by atoms with van der Waals surface area (Å²) in [6, 6.07) is 4.10. The molecule has 150 valence electrons. The van der Waals surface area contributed by atoms with Crippen LogP contribution in [0.25, 0.3) is 0 Å². The molecule has 0 radical (unpaired) electrons. The normalized spacial score (nSPS) is 15.7. The second-order valence-corrected chi connectivity index (χ2v) is 6.60. The Morgan fingerprint density at radius 3 is 2.79 bits per heavy atom. The van der Waals surface area contributed by atoms with Gasteiger partial charge in [0.05, 0.1) is 18.2 Å². The molecule has 3 rings (SSSR count). The van der Waals surface area contributed by atoms with Crippen LogP contribution in [-0.2, 0) is 22.3 Å². The number of rotatable bonds is 7. The van der Waals surface area contributed by atoms with Gasteiger partial charge in [0.15, 0.2) is 0 Å². The highest BCUT2D eigenvalue weighted by Crippen LogP contribution is 2.31. The van der Waals surface area contributed by atoms with E-state index in [1.165, 1.54) is 29.5 Å². The van der Waals surface area contributed by atoms with Crippen LogP contribution in [-0.4, -0.2) is 44.6 Å². The summed E-state index contributed by atoms with van der Waals surface area (Å²) in [5.41, 5.74) is -0.483. The number of alkyl halides is 3. The monoisotopic (exact) mass is 395 g/mol. The van der Waals surface area contributed by atoms with Crippen molar-refractivity contribution in [2.45, 2.75) is 38.0 Å². The van der Waals surface area contributed by atoms with E-state index in [4.69, 9.17) is 0 Å². The molecule has 28 heavy (non-hydrogen) atoms. The van der Waals surface area contributed by atoms with Crippen molar-refractivity contribution in [3.05, 3.63) is 48.0 Å². The van der Waals surface area contributed by atoms with Gasteiger partial charge in [-0.2, -0.15) is 18.3 Å². The van der Waals surface area contributed by atoms with Crippen molar-refractivity contribution in [1.82, 2.24) is 25.0 Å². The van der Waals surface area contributed by atoms with Crippen molar-refractivity contribution >= 4 is 11.8 Å². The van der Waals surface area contributed by atoms with E-state index in [1.807, 2.05) is 0 Å². The Hall–Kier alpha value is -2.91. The summed E-state index contributed by atoms with van der Waals surface area (Å²) in [6.07, 6.45) is -0.458. The van der Waals surface area contributed by atoms with Gasteiger partial charge in [0.2, 0.25) is 11.8 Å². The van der Waals surface area contributed by atoms with E-state index in [2.05, 4.69) is 15.4 Å². The standard InChI is InChI=1S/C18H20F3N5O2/c19-18(20,21)14-4-1-3-13(9-14)15(10-25-7-2-5-17(25)28)24-16(27)6-8-26-12-22-11-23-26/h1,3-4,9,11-12,15H,2,5-8,10H2,(H,24,27). The summed E-state index contributed by atoms with van der Waals surface area (Å²) in [7, 11) is 0. The fourth-order valence-electron chi connectivity index (χ4n) is 3.11. The molecule has 1 atom stereocenters. The summed E-state index contributed by atoms with van der Waals surface area (Å²) >= 11 is 0. The number of likely N-dealkylation sites (tertiary alicyclic amines) is 1. The Morgan fingerprint density at radius 1 is 1.32 bits per heavy atom. The lowest BCUT2D eigenvalue weighted by atomic mass is 10.0. The van der Waals surface area contributed by atoms with E-state index in [0.717, 1.165) is 12.1 Å². The molecule has 1 aliphatic heterocycles. The number of hydrogen-bond acceptors (Lipinski definition) is 4. The van der Waals surface area contributed by atoms with Gasteiger partial charge in [-0.25, -0.2) is 4.98 Å². The third-order valence-corrected chi connectivity index (χ3v) is 4.56. The van der Waals surface area contributed by atoms with Gasteiger partial charge < -0.3 is 10.2 Å². The number of aromatic nitrogens is 3. The first-order valence-electron chi connectivity index (χ1n) is 8.89. The number of hydrogen-bond donors (Lipinski definition) is 1. The maximum atomic E-state index is 13.1. The van der Waals surface area contributed by atoms with Gasteiger partial charge in [0, 0.05) is 25.9 Å². The highest BCUT2D eigenvalue weighted by Gasteiger charge is 2.32. The molecular weight excluding hydrogens is 375 g/mol. The van der Waals surface area contributed by atoms with Crippen LogP contribution in [0.1, 0.15) is 36.4 Å². The van der Waals surface area contributed by atoms with E-state index in [9.17, 15) is 22.8 Å². The first-order valence-corrected chi connectivity index (χ1v) is 8.89. The number of benzene rings is 1.